The van der Waals surface area contributed by atoms with Crippen LogP contribution in [0.5, 0.6) is 5.88 Å². The highest BCUT2D eigenvalue weighted by Gasteiger charge is 2.08. The summed E-state index contributed by atoms with van der Waals surface area (Å²) in [4.78, 5) is 10.6. The summed E-state index contributed by atoms with van der Waals surface area (Å²) in [6.45, 7) is 3.28. The van der Waals surface area contributed by atoms with Crippen molar-refractivity contribution in [2.24, 2.45) is 7.05 Å². The van der Waals surface area contributed by atoms with Crippen LogP contribution >= 0.6 is 15.9 Å². The third-order valence-electron chi connectivity index (χ3n) is 2.76. The molecule has 2 heterocycles. The van der Waals surface area contributed by atoms with Gasteiger partial charge >= 0.3 is 0 Å². The van der Waals surface area contributed by atoms with Gasteiger partial charge in [0, 0.05) is 30.5 Å². The molecule has 0 N–H and O–H groups in total. The van der Waals surface area contributed by atoms with Crippen molar-refractivity contribution in [2.75, 3.05) is 18.6 Å². The van der Waals surface area contributed by atoms with Gasteiger partial charge in [0.25, 0.3) is 0 Å². The summed E-state index contributed by atoms with van der Waals surface area (Å²) in [5, 5.41) is 0. The lowest BCUT2D eigenvalue weighted by Gasteiger charge is -2.18. The van der Waals surface area contributed by atoms with E-state index in [2.05, 4.69) is 36.5 Å². The topological polar surface area (TPSA) is 43.2 Å². The van der Waals surface area contributed by atoms with Crippen molar-refractivity contribution in [3.63, 3.8) is 0 Å². The largest absolute Gasteiger partial charge is 0.477 e. The van der Waals surface area contributed by atoms with Crippen LogP contribution in [-0.4, -0.2) is 28.2 Å². The molecule has 0 atom stereocenters. The van der Waals surface area contributed by atoms with Crippen molar-refractivity contribution in [2.45, 2.75) is 13.5 Å². The van der Waals surface area contributed by atoms with E-state index in [-0.39, 0.29) is 0 Å². The van der Waals surface area contributed by atoms with E-state index in [1.807, 2.05) is 32.1 Å². The molecule has 0 bridgehead atoms. The van der Waals surface area contributed by atoms with E-state index in [4.69, 9.17) is 4.74 Å². The first kappa shape index (κ1) is 13.9. The van der Waals surface area contributed by atoms with Gasteiger partial charge in [0.15, 0.2) is 5.82 Å². The minimum Gasteiger partial charge on any atom is -0.477 e. The quantitative estimate of drug-likeness (QED) is 0.848. The fourth-order valence-corrected chi connectivity index (χ4v) is 2.36. The van der Waals surface area contributed by atoms with Gasteiger partial charge in [-0.2, -0.15) is 4.98 Å². The Bertz CT molecular complexity index is 555. The van der Waals surface area contributed by atoms with Crippen LogP contribution < -0.4 is 9.64 Å². The van der Waals surface area contributed by atoms with Gasteiger partial charge in [0.1, 0.15) is 0 Å². The van der Waals surface area contributed by atoms with Crippen molar-refractivity contribution >= 4 is 21.7 Å². The van der Waals surface area contributed by atoms with Crippen LogP contribution in [0.2, 0.25) is 0 Å². The second kappa shape index (κ2) is 6.06. The molecule has 0 amide bonds. The highest BCUT2D eigenvalue weighted by Crippen LogP contribution is 2.18. The summed E-state index contributed by atoms with van der Waals surface area (Å²) in [5.41, 5.74) is 1.19. The van der Waals surface area contributed by atoms with Crippen LogP contribution in [0.4, 0.5) is 5.82 Å². The van der Waals surface area contributed by atoms with Gasteiger partial charge in [0.05, 0.1) is 25.5 Å². The van der Waals surface area contributed by atoms with Crippen LogP contribution in [-0.2, 0) is 13.6 Å². The number of aromatic nitrogens is 3. The third-order valence-corrected chi connectivity index (χ3v) is 3.19. The Kier molecular flexibility index (Phi) is 4.42. The van der Waals surface area contributed by atoms with E-state index < -0.39 is 0 Å². The fourth-order valence-electron chi connectivity index (χ4n) is 1.79. The van der Waals surface area contributed by atoms with E-state index in [9.17, 15) is 0 Å². The van der Waals surface area contributed by atoms with Gasteiger partial charge < -0.3 is 14.2 Å². The van der Waals surface area contributed by atoms with Gasteiger partial charge in [-0.15, -0.1) is 0 Å². The molecular formula is C13H17BrN4O. The fraction of sp³-hybridized carbons (Fsp3) is 0.385. The Hall–Kier alpha value is -1.56. The molecule has 0 aliphatic heterocycles. The maximum atomic E-state index is 5.36. The van der Waals surface area contributed by atoms with Crippen LogP contribution in [0.15, 0.2) is 29.1 Å². The zero-order valence-corrected chi connectivity index (χ0v) is 12.9. The predicted octanol–water partition coefficient (Wildman–Crippen LogP) is 2.61. The molecule has 2 aromatic heterocycles. The minimum atomic E-state index is 0.555. The predicted molar refractivity (Wildman–Crippen MR) is 78.4 cm³/mol. The average Bonchev–Trinajstić information content (AvgIpc) is 2.68. The minimum absolute atomic E-state index is 0.555. The van der Waals surface area contributed by atoms with E-state index >= 15 is 0 Å². The molecule has 5 nitrogen and oxygen atoms in total. The second-order valence-corrected chi connectivity index (χ2v) is 5.18. The summed E-state index contributed by atoms with van der Waals surface area (Å²) in [6, 6.07) is 2.09. The molecule has 0 aromatic carbocycles. The van der Waals surface area contributed by atoms with Gasteiger partial charge in [-0.05, 0) is 28.9 Å². The molecular weight excluding hydrogens is 308 g/mol. The number of nitrogens with zero attached hydrogens (tertiary/aromatic N) is 4. The summed E-state index contributed by atoms with van der Waals surface area (Å²) >= 11 is 3.47. The van der Waals surface area contributed by atoms with Gasteiger partial charge in [-0.1, -0.05) is 0 Å². The van der Waals surface area contributed by atoms with Crippen molar-refractivity contribution in [3.05, 3.63) is 34.8 Å². The molecule has 0 aliphatic carbocycles. The maximum Gasteiger partial charge on any atom is 0.234 e. The highest BCUT2D eigenvalue weighted by molar-refractivity contribution is 9.10. The molecule has 6 heteroatoms. The van der Waals surface area contributed by atoms with Crippen molar-refractivity contribution < 1.29 is 4.74 Å². The normalized spacial score (nSPS) is 10.5. The van der Waals surface area contributed by atoms with Crippen LogP contribution in [0.3, 0.4) is 0 Å². The number of hydrogen-bond donors (Lipinski definition) is 0. The molecule has 0 saturated heterocycles. The molecule has 102 valence electrons. The van der Waals surface area contributed by atoms with Crippen molar-refractivity contribution in [3.8, 4) is 5.88 Å². The van der Waals surface area contributed by atoms with Gasteiger partial charge in [-0.3, -0.25) is 4.98 Å². The number of anilines is 1. The molecule has 0 aliphatic rings. The number of ether oxygens (including phenoxy) is 1. The van der Waals surface area contributed by atoms with Crippen molar-refractivity contribution in [1.82, 2.24) is 14.5 Å². The molecule has 2 aromatic rings. The smallest absolute Gasteiger partial charge is 0.234 e. The monoisotopic (exact) mass is 324 g/mol. The zero-order chi connectivity index (χ0) is 13.8. The Balaban J connectivity index is 2.13. The van der Waals surface area contributed by atoms with Gasteiger partial charge in [0.2, 0.25) is 5.88 Å². The number of rotatable bonds is 5. The second-order valence-electron chi connectivity index (χ2n) is 4.27. The van der Waals surface area contributed by atoms with Crippen LogP contribution in [0.25, 0.3) is 0 Å². The Morgan fingerprint density at radius 2 is 2.21 bits per heavy atom. The summed E-state index contributed by atoms with van der Waals surface area (Å²) in [7, 11) is 4.01. The summed E-state index contributed by atoms with van der Waals surface area (Å²) < 4.78 is 8.52. The van der Waals surface area contributed by atoms with Crippen molar-refractivity contribution in [1.29, 1.82) is 0 Å². The summed E-state index contributed by atoms with van der Waals surface area (Å²) in [6.07, 6.45) is 5.39. The number of aryl methyl sites for hydroxylation is 1. The first-order valence-electron chi connectivity index (χ1n) is 6.07. The zero-order valence-electron chi connectivity index (χ0n) is 11.3. The standard InChI is InChI=1S/C13H17BrN4O/c1-4-19-13-7-15-6-12(16-13)18(3)9-11-5-10(14)8-17(11)2/h5-8H,4,9H2,1-3H3. The van der Waals surface area contributed by atoms with E-state index in [0.717, 1.165) is 16.8 Å². The third kappa shape index (κ3) is 3.47. The highest BCUT2D eigenvalue weighted by atomic mass is 79.9. The van der Waals surface area contributed by atoms with Crippen LogP contribution in [0.1, 0.15) is 12.6 Å². The Labute approximate surface area is 121 Å². The number of halogens is 1. The lowest BCUT2D eigenvalue weighted by atomic mass is 10.4. The molecule has 0 spiro atoms. The molecule has 19 heavy (non-hydrogen) atoms. The van der Waals surface area contributed by atoms with Gasteiger partial charge in [-0.25, -0.2) is 0 Å². The summed E-state index contributed by atoms with van der Waals surface area (Å²) in [5.74, 6) is 1.35. The Morgan fingerprint density at radius 1 is 1.42 bits per heavy atom. The maximum absolute atomic E-state index is 5.36. The lowest BCUT2D eigenvalue weighted by molar-refractivity contribution is 0.325. The van der Waals surface area contributed by atoms with E-state index in [1.54, 1.807) is 12.4 Å². The molecule has 0 unspecified atom stereocenters. The molecule has 0 fully saturated rings. The molecule has 0 radical (unpaired) electrons. The molecule has 0 saturated carbocycles. The van der Waals surface area contributed by atoms with E-state index in [1.165, 1.54) is 5.69 Å². The average molecular weight is 325 g/mol. The first-order valence-corrected chi connectivity index (χ1v) is 6.86. The van der Waals surface area contributed by atoms with E-state index in [0.29, 0.717) is 12.5 Å². The first-order chi connectivity index (χ1) is 9.10. The number of hydrogen-bond acceptors (Lipinski definition) is 4. The Morgan fingerprint density at radius 3 is 2.84 bits per heavy atom. The SMILES string of the molecule is CCOc1cncc(N(C)Cc2cc(Br)cn2C)n1. The van der Waals surface area contributed by atoms with Crippen LogP contribution in [0, 0.1) is 0 Å². The lowest BCUT2D eigenvalue weighted by Crippen LogP contribution is -2.19. The molecule has 2 rings (SSSR count).